The van der Waals surface area contributed by atoms with E-state index < -0.39 is 0 Å². The van der Waals surface area contributed by atoms with Crippen LogP contribution >= 0.6 is 0 Å². The molecule has 0 unspecified atom stereocenters. The van der Waals surface area contributed by atoms with Gasteiger partial charge < -0.3 is 10.5 Å². The van der Waals surface area contributed by atoms with Crippen molar-refractivity contribution in [3.63, 3.8) is 0 Å². The highest BCUT2D eigenvalue weighted by atomic mass is 16.5. The summed E-state index contributed by atoms with van der Waals surface area (Å²) in [6, 6.07) is 0. The van der Waals surface area contributed by atoms with Crippen molar-refractivity contribution < 1.29 is 14.3 Å². The van der Waals surface area contributed by atoms with E-state index >= 15 is 0 Å². The smallest absolute Gasteiger partial charge is 0.217 e. The molecule has 0 bridgehead atoms. The van der Waals surface area contributed by atoms with Crippen LogP contribution in [0.5, 0.6) is 0 Å². The lowest BCUT2D eigenvalue weighted by atomic mass is 9.93. The quantitative estimate of drug-likeness (QED) is 0.237. The molecule has 0 fully saturated rings. The van der Waals surface area contributed by atoms with Crippen molar-refractivity contribution in [3.05, 3.63) is 11.6 Å². The number of primary amides is 1. The van der Waals surface area contributed by atoms with Crippen molar-refractivity contribution in [2.24, 2.45) is 11.7 Å². The van der Waals surface area contributed by atoms with Crippen molar-refractivity contribution >= 4 is 11.7 Å². The van der Waals surface area contributed by atoms with E-state index in [9.17, 15) is 9.59 Å². The maximum Gasteiger partial charge on any atom is 0.217 e. The number of ether oxygens (including phenoxy) is 1. The van der Waals surface area contributed by atoms with Crippen molar-refractivity contribution in [3.8, 4) is 11.8 Å². The predicted octanol–water partition coefficient (Wildman–Crippen LogP) is 5.88. The first-order valence-corrected chi connectivity index (χ1v) is 12.2. The van der Waals surface area contributed by atoms with E-state index in [1.54, 1.807) is 6.08 Å². The van der Waals surface area contributed by atoms with Crippen LogP contribution in [-0.4, -0.2) is 24.4 Å². The number of carbonyl (C=O) groups excluding carboxylic acids is 2. The highest BCUT2D eigenvalue weighted by Crippen LogP contribution is 2.30. The van der Waals surface area contributed by atoms with Crippen molar-refractivity contribution in [1.29, 1.82) is 0 Å². The van der Waals surface area contributed by atoms with Gasteiger partial charge in [0.25, 0.3) is 0 Å². The summed E-state index contributed by atoms with van der Waals surface area (Å²) in [5, 5.41) is 0. The second-order valence-corrected chi connectivity index (χ2v) is 8.49. The van der Waals surface area contributed by atoms with Crippen LogP contribution in [0.1, 0.15) is 110 Å². The third-order valence-corrected chi connectivity index (χ3v) is 5.71. The van der Waals surface area contributed by atoms with Crippen LogP contribution in [0, 0.1) is 17.8 Å². The Morgan fingerprint density at radius 3 is 2.33 bits per heavy atom. The summed E-state index contributed by atoms with van der Waals surface area (Å²) in [5.74, 6) is 6.36. The minimum absolute atomic E-state index is 0.0818. The fourth-order valence-corrected chi connectivity index (χ4v) is 3.88. The van der Waals surface area contributed by atoms with E-state index in [0.717, 1.165) is 50.5 Å². The zero-order valence-electron chi connectivity index (χ0n) is 19.3. The molecule has 0 aromatic heterocycles. The summed E-state index contributed by atoms with van der Waals surface area (Å²) in [5.41, 5.74) is 6.06. The van der Waals surface area contributed by atoms with Gasteiger partial charge in [-0.15, -0.1) is 0 Å². The molecule has 0 spiro atoms. The summed E-state index contributed by atoms with van der Waals surface area (Å²) in [6.45, 7) is 5.02. The van der Waals surface area contributed by atoms with E-state index in [4.69, 9.17) is 10.5 Å². The molecular weight excluding hydrogens is 374 g/mol. The normalized spacial score (nSPS) is 18.2. The average molecular weight is 418 g/mol. The van der Waals surface area contributed by atoms with Crippen LogP contribution in [-0.2, 0) is 14.3 Å². The number of nitrogens with two attached hydrogens (primary N) is 1. The van der Waals surface area contributed by atoms with Gasteiger partial charge in [0.05, 0.1) is 5.92 Å². The first-order valence-electron chi connectivity index (χ1n) is 12.2. The largest absolute Gasteiger partial charge is 0.372 e. The van der Waals surface area contributed by atoms with E-state index in [-0.39, 0.29) is 23.7 Å². The number of unbranched alkanes of at least 4 members (excludes halogenated alkanes) is 10. The zero-order valence-corrected chi connectivity index (χ0v) is 19.3. The van der Waals surface area contributed by atoms with E-state index in [1.165, 1.54) is 44.9 Å². The molecule has 0 aromatic rings. The van der Waals surface area contributed by atoms with Gasteiger partial charge in [0.2, 0.25) is 5.91 Å². The molecule has 2 atom stereocenters. The fraction of sp³-hybridized carbons (Fsp3) is 0.769. The highest BCUT2D eigenvalue weighted by Gasteiger charge is 2.35. The van der Waals surface area contributed by atoms with Gasteiger partial charge >= 0.3 is 0 Å². The van der Waals surface area contributed by atoms with Gasteiger partial charge in [0, 0.05) is 25.0 Å². The van der Waals surface area contributed by atoms with Gasteiger partial charge in [0.15, 0.2) is 5.78 Å². The molecule has 2 N–H and O–H groups in total. The fourth-order valence-electron chi connectivity index (χ4n) is 3.88. The number of allylic oxidation sites excluding steroid dienone is 1. The summed E-state index contributed by atoms with van der Waals surface area (Å²) in [7, 11) is 0. The molecule has 0 radical (unpaired) electrons. The predicted molar refractivity (Wildman–Crippen MR) is 124 cm³/mol. The lowest BCUT2D eigenvalue weighted by Gasteiger charge is -2.21. The molecule has 0 heterocycles. The van der Waals surface area contributed by atoms with Crippen molar-refractivity contribution in [2.45, 2.75) is 116 Å². The molecule has 4 nitrogen and oxygen atoms in total. The zero-order chi connectivity index (χ0) is 22.0. The van der Waals surface area contributed by atoms with Crippen molar-refractivity contribution in [1.82, 2.24) is 0 Å². The molecule has 1 aliphatic rings. The summed E-state index contributed by atoms with van der Waals surface area (Å²) >= 11 is 0. The Morgan fingerprint density at radius 1 is 0.967 bits per heavy atom. The molecule has 1 rings (SSSR count). The van der Waals surface area contributed by atoms with Gasteiger partial charge in [-0.3, -0.25) is 9.59 Å². The topological polar surface area (TPSA) is 69.4 Å². The number of rotatable bonds is 17. The molecule has 0 aromatic carbocycles. The standard InChI is InChI=1S/C26H43NO3/c1-3-5-7-9-11-13-17-22-21-24(28)23(18-14-10-8-6-4-2)26(22)30-20-16-12-15-19-25(27)29/h21,23,26H,3-12,14-16,18-20H2,1-2H3,(H2,27,29)/t23-,26-/m0/s1. The lowest BCUT2D eigenvalue weighted by molar-refractivity contribution is -0.121. The summed E-state index contributed by atoms with van der Waals surface area (Å²) < 4.78 is 6.17. The number of amides is 1. The molecule has 0 aliphatic heterocycles. The summed E-state index contributed by atoms with van der Waals surface area (Å²) in [4.78, 5) is 23.5. The maximum atomic E-state index is 12.6. The SMILES string of the molecule is CCCCCCC#CC1=CC(=O)[C@H](CCCCCCC)[C@H]1OCCCCCC(N)=O. The van der Waals surface area contributed by atoms with Crippen LogP contribution < -0.4 is 5.73 Å². The second kappa shape index (κ2) is 17.1. The van der Waals surface area contributed by atoms with E-state index in [0.29, 0.717) is 13.0 Å². The molecule has 4 heteroatoms. The first kappa shape index (κ1) is 26.4. The lowest BCUT2D eigenvalue weighted by Crippen LogP contribution is -2.26. The van der Waals surface area contributed by atoms with Gasteiger partial charge in [-0.25, -0.2) is 0 Å². The van der Waals surface area contributed by atoms with Crippen LogP contribution in [0.4, 0.5) is 0 Å². The van der Waals surface area contributed by atoms with Crippen LogP contribution in [0.3, 0.4) is 0 Å². The van der Waals surface area contributed by atoms with Crippen LogP contribution in [0.15, 0.2) is 11.6 Å². The molecule has 170 valence electrons. The van der Waals surface area contributed by atoms with Crippen LogP contribution in [0.2, 0.25) is 0 Å². The Bertz CT molecular complexity index is 585. The molecule has 30 heavy (non-hydrogen) atoms. The Balaban J connectivity index is 2.55. The molecule has 1 amide bonds. The highest BCUT2D eigenvalue weighted by molar-refractivity contribution is 5.97. The Labute approximate surface area is 184 Å². The number of carbonyl (C=O) groups is 2. The number of hydrogen-bond donors (Lipinski definition) is 1. The monoisotopic (exact) mass is 417 g/mol. The third-order valence-electron chi connectivity index (χ3n) is 5.71. The Kier molecular flexibility index (Phi) is 15.1. The van der Waals surface area contributed by atoms with Crippen LogP contribution in [0.25, 0.3) is 0 Å². The molecule has 0 saturated heterocycles. The average Bonchev–Trinajstić information content (AvgIpc) is 3.01. The van der Waals surface area contributed by atoms with Gasteiger partial charge in [-0.1, -0.05) is 83.5 Å². The second-order valence-electron chi connectivity index (χ2n) is 8.49. The third kappa shape index (κ3) is 11.6. The maximum absolute atomic E-state index is 12.6. The summed E-state index contributed by atoms with van der Waals surface area (Å²) in [6.07, 6.45) is 17.1. The minimum atomic E-state index is -0.250. The number of hydrogen-bond acceptors (Lipinski definition) is 3. The van der Waals surface area contributed by atoms with Gasteiger partial charge in [-0.05, 0) is 31.8 Å². The molecular formula is C26H43NO3. The Hall–Kier alpha value is -1.60. The van der Waals surface area contributed by atoms with Gasteiger partial charge in [0.1, 0.15) is 6.10 Å². The molecule has 1 aliphatic carbocycles. The first-order chi connectivity index (χ1) is 14.6. The van der Waals surface area contributed by atoms with Crippen molar-refractivity contribution in [2.75, 3.05) is 6.61 Å². The van der Waals surface area contributed by atoms with E-state index in [2.05, 4.69) is 25.7 Å². The number of ketones is 1. The molecule has 0 saturated carbocycles. The Morgan fingerprint density at radius 2 is 1.63 bits per heavy atom. The van der Waals surface area contributed by atoms with Gasteiger partial charge in [-0.2, -0.15) is 0 Å². The van der Waals surface area contributed by atoms with E-state index in [1.807, 2.05) is 0 Å². The minimum Gasteiger partial charge on any atom is -0.372 e.